The summed E-state index contributed by atoms with van der Waals surface area (Å²) in [5.74, 6) is -0.00515. The minimum atomic E-state index is -0.574. The number of fused-ring (bicyclic) bond motifs is 1. The van der Waals surface area contributed by atoms with Gasteiger partial charge in [0.05, 0.1) is 11.2 Å². The zero-order chi connectivity index (χ0) is 19.6. The van der Waals surface area contributed by atoms with Gasteiger partial charge in [-0.05, 0) is 56.5 Å². The first-order valence-electron chi connectivity index (χ1n) is 9.22. The van der Waals surface area contributed by atoms with E-state index in [-0.39, 0.29) is 5.97 Å². The minimum absolute atomic E-state index is 0.379. The van der Waals surface area contributed by atoms with Crippen LogP contribution in [0.1, 0.15) is 56.5 Å². The van der Waals surface area contributed by atoms with Gasteiger partial charge in [0.25, 0.3) is 0 Å². The number of benzene rings is 2. The molecule has 0 atom stereocenters. The van der Waals surface area contributed by atoms with Crippen molar-refractivity contribution in [1.29, 1.82) is 0 Å². The van der Waals surface area contributed by atoms with Crippen molar-refractivity contribution in [3.8, 4) is 0 Å². The van der Waals surface area contributed by atoms with Crippen molar-refractivity contribution >= 4 is 28.2 Å². The lowest BCUT2D eigenvalue weighted by atomic mass is 9.99. The third-order valence-corrected chi connectivity index (χ3v) is 4.22. The Morgan fingerprint density at radius 1 is 1.07 bits per heavy atom. The Morgan fingerprint density at radius 3 is 2.41 bits per heavy atom. The van der Waals surface area contributed by atoms with E-state index in [9.17, 15) is 4.79 Å². The average molecular weight is 362 g/mol. The molecular weight excluding hydrogens is 336 g/mol. The minimum Gasteiger partial charge on any atom is -0.456 e. The molecule has 1 heterocycles. The smallest absolute Gasteiger partial charge is 0.342 e. The van der Waals surface area contributed by atoms with Crippen molar-refractivity contribution in [2.75, 3.05) is 5.32 Å². The summed E-state index contributed by atoms with van der Waals surface area (Å²) in [6.07, 6.45) is 1.59. The second-order valence-electron chi connectivity index (χ2n) is 7.97. The predicted octanol–water partition coefficient (Wildman–Crippen LogP) is 6.06. The molecule has 0 fully saturated rings. The molecule has 0 spiro atoms. The molecule has 1 N–H and O–H groups in total. The molecule has 0 bridgehead atoms. The lowest BCUT2D eigenvalue weighted by Crippen LogP contribution is -2.24. The summed E-state index contributed by atoms with van der Waals surface area (Å²) in [6, 6.07) is 16.0. The number of hydrogen-bond donors (Lipinski definition) is 1. The van der Waals surface area contributed by atoms with Gasteiger partial charge in [-0.25, -0.2) is 4.79 Å². The van der Waals surface area contributed by atoms with E-state index in [1.807, 2.05) is 57.2 Å². The van der Waals surface area contributed by atoms with Crippen LogP contribution in [0.4, 0.5) is 11.4 Å². The molecule has 0 saturated heterocycles. The number of aromatic nitrogens is 1. The van der Waals surface area contributed by atoms with Gasteiger partial charge < -0.3 is 10.1 Å². The maximum atomic E-state index is 12.8. The fraction of sp³-hybridized carbons (Fsp3) is 0.304. The fourth-order valence-electron chi connectivity index (χ4n) is 2.86. The zero-order valence-electron chi connectivity index (χ0n) is 16.5. The molecule has 3 rings (SSSR count). The molecule has 1 aromatic heterocycles. The summed E-state index contributed by atoms with van der Waals surface area (Å²) < 4.78 is 5.61. The summed E-state index contributed by atoms with van der Waals surface area (Å²) in [4.78, 5) is 17.3. The van der Waals surface area contributed by atoms with Crippen molar-refractivity contribution in [3.63, 3.8) is 0 Å². The number of ether oxygens (including phenoxy) is 1. The summed E-state index contributed by atoms with van der Waals surface area (Å²) in [6.45, 7) is 9.88. The predicted molar refractivity (Wildman–Crippen MR) is 111 cm³/mol. The molecular formula is C23H26N2O2. The van der Waals surface area contributed by atoms with Crippen LogP contribution in [-0.2, 0) is 4.74 Å². The first kappa shape index (κ1) is 18.9. The Balaban J connectivity index is 2.18. The number of pyridine rings is 1. The van der Waals surface area contributed by atoms with Crippen molar-refractivity contribution in [1.82, 2.24) is 4.98 Å². The quantitative estimate of drug-likeness (QED) is 0.573. The van der Waals surface area contributed by atoms with Gasteiger partial charge in [-0.2, -0.15) is 0 Å². The second kappa shape index (κ2) is 7.39. The van der Waals surface area contributed by atoms with E-state index in [1.54, 1.807) is 6.20 Å². The van der Waals surface area contributed by atoms with Crippen LogP contribution in [-0.4, -0.2) is 16.6 Å². The molecule has 0 amide bonds. The van der Waals surface area contributed by atoms with Crippen LogP contribution in [0.25, 0.3) is 10.9 Å². The lowest BCUT2D eigenvalue weighted by molar-refractivity contribution is 0.00705. The molecule has 0 aliphatic carbocycles. The van der Waals surface area contributed by atoms with E-state index < -0.39 is 5.60 Å². The van der Waals surface area contributed by atoms with E-state index in [0.29, 0.717) is 11.5 Å². The van der Waals surface area contributed by atoms with Crippen molar-refractivity contribution in [2.45, 2.75) is 46.1 Å². The second-order valence-corrected chi connectivity index (χ2v) is 7.97. The monoisotopic (exact) mass is 362 g/mol. The molecule has 4 nitrogen and oxygen atoms in total. The number of nitrogens with zero attached hydrogens (tertiary/aromatic N) is 1. The van der Waals surface area contributed by atoms with Crippen LogP contribution in [0.15, 0.2) is 54.7 Å². The van der Waals surface area contributed by atoms with Gasteiger partial charge in [0.1, 0.15) is 11.2 Å². The number of esters is 1. The van der Waals surface area contributed by atoms with Crippen LogP contribution in [0.5, 0.6) is 0 Å². The topological polar surface area (TPSA) is 51.2 Å². The largest absolute Gasteiger partial charge is 0.456 e. The van der Waals surface area contributed by atoms with Crippen molar-refractivity contribution in [3.05, 3.63) is 65.9 Å². The number of hydrogen-bond acceptors (Lipinski definition) is 4. The number of anilines is 2. The van der Waals surface area contributed by atoms with Gasteiger partial charge in [0, 0.05) is 17.3 Å². The van der Waals surface area contributed by atoms with Gasteiger partial charge in [-0.1, -0.05) is 38.1 Å². The van der Waals surface area contributed by atoms with E-state index in [2.05, 4.69) is 36.3 Å². The van der Waals surface area contributed by atoms with E-state index >= 15 is 0 Å². The molecule has 3 aromatic rings. The van der Waals surface area contributed by atoms with Crippen LogP contribution >= 0.6 is 0 Å². The third-order valence-electron chi connectivity index (χ3n) is 4.22. The Hall–Kier alpha value is -2.88. The number of carbonyl (C=O) groups is 1. The van der Waals surface area contributed by atoms with E-state index in [4.69, 9.17) is 4.74 Å². The molecule has 27 heavy (non-hydrogen) atoms. The first-order chi connectivity index (χ1) is 12.7. The van der Waals surface area contributed by atoms with Crippen LogP contribution < -0.4 is 5.32 Å². The molecule has 0 unspecified atom stereocenters. The van der Waals surface area contributed by atoms with Crippen LogP contribution in [0.3, 0.4) is 0 Å². The highest BCUT2D eigenvalue weighted by Crippen LogP contribution is 2.32. The average Bonchev–Trinajstić information content (AvgIpc) is 2.60. The Kier molecular flexibility index (Phi) is 5.17. The Morgan fingerprint density at radius 2 is 1.78 bits per heavy atom. The Labute approximate surface area is 160 Å². The molecule has 4 heteroatoms. The third kappa shape index (κ3) is 4.45. The fourth-order valence-corrected chi connectivity index (χ4v) is 2.86. The van der Waals surface area contributed by atoms with E-state index in [1.165, 1.54) is 5.56 Å². The van der Waals surface area contributed by atoms with Crippen LogP contribution in [0.2, 0.25) is 0 Å². The number of carbonyl (C=O) groups excluding carboxylic acids is 1. The van der Waals surface area contributed by atoms with Gasteiger partial charge in [-0.15, -0.1) is 0 Å². The Bertz CT molecular complexity index is 957. The summed E-state index contributed by atoms with van der Waals surface area (Å²) in [5.41, 5.74) is 3.53. The summed E-state index contributed by atoms with van der Waals surface area (Å²) >= 11 is 0. The maximum Gasteiger partial charge on any atom is 0.342 e. The van der Waals surface area contributed by atoms with Gasteiger partial charge in [0.15, 0.2) is 0 Å². The highest BCUT2D eigenvalue weighted by Gasteiger charge is 2.23. The lowest BCUT2D eigenvalue weighted by Gasteiger charge is -2.21. The number of para-hydroxylation sites is 1. The van der Waals surface area contributed by atoms with Crippen molar-refractivity contribution < 1.29 is 9.53 Å². The normalized spacial score (nSPS) is 11.6. The molecule has 2 aromatic carbocycles. The highest BCUT2D eigenvalue weighted by molar-refractivity contribution is 6.06. The van der Waals surface area contributed by atoms with Gasteiger partial charge in [0.2, 0.25) is 0 Å². The first-order valence-corrected chi connectivity index (χ1v) is 9.22. The SMILES string of the molecule is CC(C)c1ccc2ncc(C(=O)OC(C)(C)C)c(Nc3ccccc3)c2c1. The standard InChI is InChI=1S/C23H26N2O2/c1-15(2)16-11-12-20-18(13-16)21(25-17-9-7-6-8-10-17)19(14-24-20)22(26)27-23(3,4)5/h6-15H,1-5H3,(H,24,25). The molecule has 0 aliphatic heterocycles. The van der Waals surface area contributed by atoms with Crippen LogP contribution in [0, 0.1) is 0 Å². The summed E-state index contributed by atoms with van der Waals surface area (Å²) in [7, 11) is 0. The highest BCUT2D eigenvalue weighted by atomic mass is 16.6. The summed E-state index contributed by atoms with van der Waals surface area (Å²) in [5, 5.41) is 4.32. The van der Waals surface area contributed by atoms with Crippen molar-refractivity contribution in [2.24, 2.45) is 0 Å². The molecule has 0 aliphatic rings. The van der Waals surface area contributed by atoms with Gasteiger partial charge >= 0.3 is 5.97 Å². The molecule has 0 radical (unpaired) electrons. The van der Waals surface area contributed by atoms with E-state index in [0.717, 1.165) is 22.3 Å². The molecule has 140 valence electrons. The number of nitrogens with one attached hydrogen (secondary N) is 1. The van der Waals surface area contributed by atoms with Gasteiger partial charge in [-0.3, -0.25) is 4.98 Å². The zero-order valence-corrected chi connectivity index (χ0v) is 16.5. The number of rotatable bonds is 4. The maximum absolute atomic E-state index is 12.8. The molecule has 0 saturated carbocycles.